The van der Waals surface area contributed by atoms with Gasteiger partial charge in [-0.05, 0) is 37.5 Å². The fraction of sp³-hybridized carbons (Fsp3) is 0.280. The van der Waals surface area contributed by atoms with Gasteiger partial charge in [0, 0.05) is 44.4 Å². The molecule has 174 valence electrons. The molecule has 1 heterocycles. The van der Waals surface area contributed by atoms with Crippen molar-refractivity contribution in [1.82, 2.24) is 20.1 Å². The Bertz CT molecular complexity index is 1070. The van der Waals surface area contributed by atoms with Gasteiger partial charge in [0.2, 0.25) is 12.3 Å². The van der Waals surface area contributed by atoms with Gasteiger partial charge in [0.1, 0.15) is 12.0 Å². The van der Waals surface area contributed by atoms with Crippen molar-refractivity contribution in [2.75, 3.05) is 20.1 Å². The molecule has 0 aliphatic heterocycles. The van der Waals surface area contributed by atoms with E-state index in [0.29, 0.717) is 25.2 Å². The van der Waals surface area contributed by atoms with E-state index in [9.17, 15) is 9.59 Å². The Morgan fingerprint density at radius 2 is 1.91 bits per heavy atom. The Balaban J connectivity index is 1.84. The molecule has 0 saturated heterocycles. The maximum atomic E-state index is 12.4. The van der Waals surface area contributed by atoms with Crippen molar-refractivity contribution in [1.29, 1.82) is 0 Å². The third kappa shape index (κ3) is 8.60. The number of pyridine rings is 1. The van der Waals surface area contributed by atoms with E-state index in [0.717, 1.165) is 23.3 Å². The van der Waals surface area contributed by atoms with Crippen molar-refractivity contribution >= 4 is 24.4 Å². The number of carbonyl (C=O) groups excluding carboxylic acids is 2. The molecule has 33 heavy (non-hydrogen) atoms. The molecule has 0 bridgehead atoms. The molecule has 0 saturated carbocycles. The number of rotatable bonds is 11. The summed E-state index contributed by atoms with van der Waals surface area (Å²) >= 11 is 0. The van der Waals surface area contributed by atoms with E-state index in [1.807, 2.05) is 43.5 Å². The summed E-state index contributed by atoms with van der Waals surface area (Å²) in [6, 6.07) is 13.9. The average Bonchev–Trinajstić information content (AvgIpc) is 2.84. The second-order valence-corrected chi connectivity index (χ2v) is 7.35. The average molecular weight is 449 g/mol. The summed E-state index contributed by atoms with van der Waals surface area (Å²) < 4.78 is 1.78. The number of aromatic nitrogens is 1. The molecule has 0 atom stereocenters. The first-order chi connectivity index (χ1) is 16.0. The van der Waals surface area contributed by atoms with Crippen LogP contribution in [0.5, 0.6) is 0 Å². The zero-order chi connectivity index (χ0) is 24.1. The molecule has 0 fully saturated rings. The van der Waals surface area contributed by atoms with E-state index in [4.69, 9.17) is 0 Å². The molecule has 0 spiro atoms. The normalized spacial score (nSPS) is 12.3. The van der Waals surface area contributed by atoms with Gasteiger partial charge >= 0.3 is 0 Å². The zero-order valence-corrected chi connectivity index (χ0v) is 19.5. The summed E-state index contributed by atoms with van der Waals surface area (Å²) in [5.41, 5.74) is 3.50. The van der Waals surface area contributed by atoms with Crippen LogP contribution in [0.3, 0.4) is 0 Å². The van der Waals surface area contributed by atoms with Crippen LogP contribution in [0.2, 0.25) is 0 Å². The molecule has 8 nitrogen and oxygen atoms in total. The van der Waals surface area contributed by atoms with Crippen LogP contribution in [-0.4, -0.2) is 47.8 Å². The Morgan fingerprint density at radius 1 is 1.15 bits per heavy atom. The maximum Gasteiger partial charge on any atom is 0.240 e. The summed E-state index contributed by atoms with van der Waals surface area (Å²) in [6.07, 6.45) is 6.66. The summed E-state index contributed by atoms with van der Waals surface area (Å²) in [7, 11) is 1.70. The second kappa shape index (κ2) is 13.5. The summed E-state index contributed by atoms with van der Waals surface area (Å²) in [4.78, 5) is 33.8. The minimum Gasteiger partial charge on any atom is -0.350 e. The van der Waals surface area contributed by atoms with E-state index >= 15 is 0 Å². The van der Waals surface area contributed by atoms with Crippen molar-refractivity contribution in [3.8, 4) is 0 Å². The molecule has 0 unspecified atom stereocenters. The smallest absolute Gasteiger partial charge is 0.240 e. The van der Waals surface area contributed by atoms with E-state index in [1.165, 1.54) is 10.5 Å². The number of amides is 2. The lowest BCUT2D eigenvalue weighted by atomic mass is 10.2. The van der Waals surface area contributed by atoms with Crippen molar-refractivity contribution in [2.24, 2.45) is 9.98 Å². The van der Waals surface area contributed by atoms with E-state index in [-0.39, 0.29) is 12.5 Å². The quantitative estimate of drug-likeness (QED) is 0.314. The molecule has 2 N–H and O–H groups in total. The molecular formula is C25H32N6O2. The summed E-state index contributed by atoms with van der Waals surface area (Å²) in [5, 5.41) is 5.90. The maximum absolute atomic E-state index is 12.4. The number of allylic oxidation sites excluding steroid dienone is 1. The molecule has 2 rings (SSSR count). The van der Waals surface area contributed by atoms with Crippen molar-refractivity contribution in [3.63, 3.8) is 0 Å². The highest BCUT2D eigenvalue weighted by Gasteiger charge is 2.10. The Labute approximate surface area is 195 Å². The fourth-order valence-electron chi connectivity index (χ4n) is 2.99. The standard InChI is InChI=1S/C25H32N6O2/c1-5-30-17-23(11-12-24(30)26-4)16-29-25(33)18-31(19-32)20(2)15-28-21(3)27-14-13-22-9-7-6-8-10-22/h5-12,15,17,19H,1,13-14,16,18H2,2-4H3,(H,27,28)(H,29,33)/b20-15-,26-24?. The fourth-order valence-corrected chi connectivity index (χ4v) is 2.99. The topological polar surface area (TPSA) is 91.1 Å². The number of hydrogen-bond donors (Lipinski definition) is 2. The highest BCUT2D eigenvalue weighted by Crippen LogP contribution is 2.01. The SMILES string of the molecule is C=Cn1cc(CNC(=O)CN(C=O)/C(C)=C\NC(C)=NCCc2ccccc2)ccc1=NC. The lowest BCUT2D eigenvalue weighted by molar-refractivity contribution is -0.126. The number of carbonyl (C=O) groups is 2. The number of hydrogen-bond acceptors (Lipinski definition) is 4. The lowest BCUT2D eigenvalue weighted by Crippen LogP contribution is -2.36. The number of benzene rings is 1. The van der Waals surface area contributed by atoms with Gasteiger partial charge in [0.25, 0.3) is 0 Å². The number of nitrogens with one attached hydrogen (secondary N) is 2. The van der Waals surface area contributed by atoms with Gasteiger partial charge in [-0.2, -0.15) is 0 Å². The third-order valence-corrected chi connectivity index (χ3v) is 4.91. The molecule has 1 aromatic carbocycles. The van der Waals surface area contributed by atoms with Crippen molar-refractivity contribution in [3.05, 3.63) is 83.8 Å². The molecule has 1 aromatic heterocycles. The van der Waals surface area contributed by atoms with E-state index < -0.39 is 0 Å². The number of nitrogens with zero attached hydrogens (tertiary/aromatic N) is 4. The van der Waals surface area contributed by atoms with Crippen LogP contribution in [0.15, 0.2) is 77.1 Å². The van der Waals surface area contributed by atoms with Crippen LogP contribution in [0.1, 0.15) is 25.0 Å². The minimum absolute atomic E-state index is 0.0818. The van der Waals surface area contributed by atoms with Gasteiger partial charge in [-0.1, -0.05) is 43.0 Å². The van der Waals surface area contributed by atoms with Crippen molar-refractivity contribution < 1.29 is 9.59 Å². The highest BCUT2D eigenvalue weighted by atomic mass is 16.2. The second-order valence-electron chi connectivity index (χ2n) is 7.35. The largest absolute Gasteiger partial charge is 0.350 e. The van der Waals surface area contributed by atoms with Gasteiger partial charge < -0.3 is 20.1 Å². The lowest BCUT2D eigenvalue weighted by Gasteiger charge is -2.18. The van der Waals surface area contributed by atoms with Crippen LogP contribution in [-0.2, 0) is 22.6 Å². The first-order valence-electron chi connectivity index (χ1n) is 10.7. The van der Waals surface area contributed by atoms with Crippen LogP contribution in [0.4, 0.5) is 0 Å². The summed E-state index contributed by atoms with van der Waals surface area (Å²) in [6.45, 7) is 8.28. The highest BCUT2D eigenvalue weighted by molar-refractivity contribution is 5.81. The van der Waals surface area contributed by atoms with Crippen LogP contribution < -0.4 is 16.1 Å². The van der Waals surface area contributed by atoms with Crippen molar-refractivity contribution in [2.45, 2.75) is 26.8 Å². The minimum atomic E-state index is -0.266. The van der Waals surface area contributed by atoms with Crippen LogP contribution in [0.25, 0.3) is 6.20 Å². The first kappa shape index (κ1) is 25.3. The number of amidine groups is 1. The first-order valence-corrected chi connectivity index (χ1v) is 10.7. The third-order valence-electron chi connectivity index (χ3n) is 4.91. The molecule has 0 radical (unpaired) electrons. The van der Waals surface area contributed by atoms with Crippen LogP contribution in [0, 0.1) is 0 Å². The van der Waals surface area contributed by atoms with Gasteiger partial charge in [-0.25, -0.2) is 0 Å². The molecule has 2 amide bonds. The predicted molar refractivity (Wildman–Crippen MR) is 132 cm³/mol. The number of aliphatic imine (C=N–C) groups is 1. The summed E-state index contributed by atoms with van der Waals surface area (Å²) in [5.74, 6) is 0.468. The zero-order valence-electron chi connectivity index (χ0n) is 19.5. The van der Waals surface area contributed by atoms with Gasteiger partial charge in [0.15, 0.2) is 0 Å². The van der Waals surface area contributed by atoms with E-state index in [2.05, 4.69) is 39.3 Å². The van der Waals surface area contributed by atoms with Gasteiger partial charge in [0.05, 0.1) is 5.84 Å². The van der Waals surface area contributed by atoms with Crippen LogP contribution >= 0.6 is 0 Å². The molecule has 2 aromatic rings. The monoisotopic (exact) mass is 448 g/mol. The molecular weight excluding hydrogens is 416 g/mol. The van der Waals surface area contributed by atoms with Gasteiger partial charge in [-0.15, -0.1) is 0 Å². The predicted octanol–water partition coefficient (Wildman–Crippen LogP) is 2.31. The molecule has 0 aliphatic rings. The Morgan fingerprint density at radius 3 is 2.58 bits per heavy atom. The van der Waals surface area contributed by atoms with Gasteiger partial charge in [-0.3, -0.25) is 19.6 Å². The van der Waals surface area contributed by atoms with E-state index in [1.54, 1.807) is 30.9 Å². The Hall–Kier alpha value is -3.94. The molecule has 0 aliphatic carbocycles. The Kier molecular flexibility index (Phi) is 10.3. The molecule has 8 heteroatoms.